The molecular weight excluding hydrogens is 200 g/mol. The zero-order valence-corrected chi connectivity index (χ0v) is 7.36. The average Bonchev–Trinajstić information content (AvgIpc) is 2.10. The van der Waals surface area contributed by atoms with Crippen molar-refractivity contribution in [3.8, 4) is 5.75 Å². The summed E-state index contributed by atoms with van der Waals surface area (Å²) in [7, 11) is 0. The first-order chi connectivity index (χ1) is 6.56. The van der Waals surface area contributed by atoms with Gasteiger partial charge in [-0.1, -0.05) is 0 Å². The van der Waals surface area contributed by atoms with Gasteiger partial charge in [-0.05, 0) is 19.1 Å². The molecule has 0 aliphatic rings. The lowest BCUT2D eigenvalue weighted by Crippen LogP contribution is -1.99. The van der Waals surface area contributed by atoms with Gasteiger partial charge in [0.2, 0.25) is 0 Å². The van der Waals surface area contributed by atoms with E-state index in [1.807, 2.05) is 0 Å². The minimum Gasteiger partial charge on any atom is -0.488 e. The van der Waals surface area contributed by atoms with E-state index < -0.39 is 29.4 Å². The van der Waals surface area contributed by atoms with E-state index in [1.54, 1.807) is 6.92 Å². The molecule has 1 aromatic carbocycles. The molecule has 0 aliphatic heterocycles. The number of alkyl halides is 2. The number of hydrogen-bond donors (Lipinski definition) is 0. The summed E-state index contributed by atoms with van der Waals surface area (Å²) in [4.78, 5) is 0. The quantitative estimate of drug-likeness (QED) is 0.692. The number of benzene rings is 1. The second-order valence-corrected chi connectivity index (χ2v) is 2.55. The Hall–Kier alpha value is -1.26. The van der Waals surface area contributed by atoms with Gasteiger partial charge in [-0.3, -0.25) is 0 Å². The van der Waals surface area contributed by atoms with Crippen LogP contribution >= 0.6 is 0 Å². The Labute approximate surface area is 78.3 Å². The molecule has 1 nitrogen and oxygen atoms in total. The molecule has 14 heavy (non-hydrogen) atoms. The molecule has 0 aliphatic carbocycles. The van der Waals surface area contributed by atoms with Gasteiger partial charge in [-0.25, -0.2) is 17.6 Å². The van der Waals surface area contributed by atoms with Gasteiger partial charge in [-0.2, -0.15) is 0 Å². The van der Waals surface area contributed by atoms with Crippen molar-refractivity contribution in [2.24, 2.45) is 0 Å². The van der Waals surface area contributed by atoms with Crippen molar-refractivity contribution < 1.29 is 22.3 Å². The number of rotatable bonds is 3. The number of hydrogen-bond acceptors (Lipinski definition) is 1. The molecule has 0 saturated carbocycles. The zero-order chi connectivity index (χ0) is 10.7. The lowest BCUT2D eigenvalue weighted by molar-refractivity contribution is 0.150. The monoisotopic (exact) mass is 208 g/mol. The highest BCUT2D eigenvalue weighted by molar-refractivity contribution is 5.31. The summed E-state index contributed by atoms with van der Waals surface area (Å²) in [6.07, 6.45) is -2.89. The Morgan fingerprint density at radius 1 is 1.21 bits per heavy atom. The van der Waals surface area contributed by atoms with Crippen molar-refractivity contribution in [2.75, 3.05) is 6.61 Å². The van der Waals surface area contributed by atoms with Gasteiger partial charge in [0.15, 0.2) is 17.4 Å². The molecular formula is C9H8F4O. The molecule has 0 heterocycles. The van der Waals surface area contributed by atoms with Crippen molar-refractivity contribution >= 4 is 0 Å². The van der Waals surface area contributed by atoms with Crippen LogP contribution in [0.5, 0.6) is 5.75 Å². The Balaban J connectivity index is 3.11. The Kier molecular flexibility index (Phi) is 3.33. The topological polar surface area (TPSA) is 9.23 Å². The van der Waals surface area contributed by atoms with Crippen LogP contribution in [0.15, 0.2) is 12.1 Å². The summed E-state index contributed by atoms with van der Waals surface area (Å²) in [5, 5.41) is 0. The van der Waals surface area contributed by atoms with E-state index in [-0.39, 0.29) is 6.61 Å². The highest BCUT2D eigenvalue weighted by Gasteiger charge is 2.16. The van der Waals surface area contributed by atoms with Crippen LogP contribution in [0.3, 0.4) is 0 Å². The molecule has 0 fully saturated rings. The van der Waals surface area contributed by atoms with Gasteiger partial charge in [0.25, 0.3) is 6.43 Å². The van der Waals surface area contributed by atoms with Crippen molar-refractivity contribution in [2.45, 2.75) is 13.3 Å². The van der Waals surface area contributed by atoms with E-state index in [0.29, 0.717) is 12.1 Å². The molecule has 1 rings (SSSR count). The second-order valence-electron chi connectivity index (χ2n) is 2.55. The molecule has 0 radical (unpaired) electrons. The van der Waals surface area contributed by atoms with Crippen LogP contribution in [-0.2, 0) is 0 Å². The van der Waals surface area contributed by atoms with Crippen LogP contribution in [-0.4, -0.2) is 6.61 Å². The summed E-state index contributed by atoms with van der Waals surface area (Å²) in [6, 6.07) is 1.14. The standard InChI is InChI=1S/C9H8F4O/c1-2-14-8-6(10)3-5(9(12)13)4-7(8)11/h3-4,9H,2H2,1H3. The fraction of sp³-hybridized carbons (Fsp3) is 0.333. The van der Waals surface area contributed by atoms with E-state index in [1.165, 1.54) is 0 Å². The Bertz CT molecular complexity index is 302. The SMILES string of the molecule is CCOc1c(F)cc(C(F)F)cc1F. The zero-order valence-electron chi connectivity index (χ0n) is 7.36. The van der Waals surface area contributed by atoms with Gasteiger partial charge >= 0.3 is 0 Å². The predicted molar refractivity (Wildman–Crippen MR) is 42.5 cm³/mol. The van der Waals surface area contributed by atoms with E-state index in [0.717, 1.165) is 0 Å². The lowest BCUT2D eigenvalue weighted by Gasteiger charge is -2.07. The van der Waals surface area contributed by atoms with Crippen LogP contribution < -0.4 is 4.74 Å². The summed E-state index contributed by atoms with van der Waals surface area (Å²) >= 11 is 0. The lowest BCUT2D eigenvalue weighted by atomic mass is 10.2. The van der Waals surface area contributed by atoms with Crippen molar-refractivity contribution in [1.29, 1.82) is 0 Å². The highest BCUT2D eigenvalue weighted by atomic mass is 19.3. The smallest absolute Gasteiger partial charge is 0.264 e. The maximum Gasteiger partial charge on any atom is 0.264 e. The summed E-state index contributed by atoms with van der Waals surface area (Å²) in [5.41, 5.74) is -0.691. The van der Waals surface area contributed by atoms with Gasteiger partial charge in [-0.15, -0.1) is 0 Å². The van der Waals surface area contributed by atoms with E-state index in [4.69, 9.17) is 0 Å². The minimum absolute atomic E-state index is 0.0713. The normalized spacial score (nSPS) is 10.7. The molecule has 0 atom stereocenters. The van der Waals surface area contributed by atoms with Crippen LogP contribution in [0.4, 0.5) is 17.6 Å². The molecule has 0 saturated heterocycles. The van der Waals surface area contributed by atoms with E-state index >= 15 is 0 Å². The molecule has 0 amide bonds. The minimum atomic E-state index is -2.89. The Morgan fingerprint density at radius 3 is 2.07 bits per heavy atom. The first kappa shape index (κ1) is 10.8. The summed E-state index contributed by atoms with van der Waals surface area (Å²) in [5.74, 6) is -2.83. The summed E-state index contributed by atoms with van der Waals surface area (Å²) < 4.78 is 54.7. The first-order valence-corrected chi connectivity index (χ1v) is 3.96. The molecule has 0 bridgehead atoms. The molecule has 5 heteroatoms. The van der Waals surface area contributed by atoms with Gasteiger partial charge < -0.3 is 4.74 Å². The average molecular weight is 208 g/mol. The second kappa shape index (κ2) is 4.30. The molecule has 0 aromatic heterocycles. The number of ether oxygens (including phenoxy) is 1. The maximum absolute atomic E-state index is 13.0. The number of halogens is 4. The Morgan fingerprint density at radius 2 is 1.71 bits per heavy atom. The first-order valence-electron chi connectivity index (χ1n) is 3.96. The fourth-order valence-corrected chi connectivity index (χ4v) is 0.988. The highest BCUT2D eigenvalue weighted by Crippen LogP contribution is 2.28. The fourth-order valence-electron chi connectivity index (χ4n) is 0.988. The third-order valence-electron chi connectivity index (χ3n) is 1.56. The molecule has 0 unspecified atom stereocenters. The molecule has 0 spiro atoms. The molecule has 1 aromatic rings. The van der Waals surface area contributed by atoms with Crippen molar-refractivity contribution in [1.82, 2.24) is 0 Å². The van der Waals surface area contributed by atoms with Crippen LogP contribution in [0, 0.1) is 11.6 Å². The van der Waals surface area contributed by atoms with Gasteiger partial charge in [0.05, 0.1) is 6.61 Å². The van der Waals surface area contributed by atoms with Gasteiger partial charge in [0, 0.05) is 5.56 Å². The van der Waals surface area contributed by atoms with Crippen molar-refractivity contribution in [3.63, 3.8) is 0 Å². The maximum atomic E-state index is 13.0. The van der Waals surface area contributed by atoms with Crippen LogP contribution in [0.2, 0.25) is 0 Å². The van der Waals surface area contributed by atoms with Gasteiger partial charge in [0.1, 0.15) is 0 Å². The predicted octanol–water partition coefficient (Wildman–Crippen LogP) is 3.30. The van der Waals surface area contributed by atoms with Crippen LogP contribution in [0.1, 0.15) is 18.9 Å². The summed E-state index contributed by atoms with van der Waals surface area (Å²) in [6.45, 7) is 1.61. The third kappa shape index (κ3) is 2.16. The van der Waals surface area contributed by atoms with E-state index in [9.17, 15) is 17.6 Å². The third-order valence-corrected chi connectivity index (χ3v) is 1.56. The largest absolute Gasteiger partial charge is 0.488 e. The van der Waals surface area contributed by atoms with Crippen LogP contribution in [0.25, 0.3) is 0 Å². The molecule has 78 valence electrons. The van der Waals surface area contributed by atoms with Crippen molar-refractivity contribution in [3.05, 3.63) is 29.3 Å². The molecule has 0 N–H and O–H groups in total. The van der Waals surface area contributed by atoms with E-state index in [2.05, 4.69) is 4.74 Å².